The number of hydrogen-bond donors (Lipinski definition) is 0. The Kier molecular flexibility index (Phi) is 9.65. The Morgan fingerprint density at radius 2 is 1.51 bits per heavy atom. The van der Waals surface area contributed by atoms with Crippen molar-refractivity contribution in [3.63, 3.8) is 0 Å². The molecule has 0 saturated carbocycles. The van der Waals surface area contributed by atoms with Crippen LogP contribution in [0.5, 0.6) is 11.5 Å². The van der Waals surface area contributed by atoms with Gasteiger partial charge in [0.1, 0.15) is 11.5 Å². The molecule has 0 spiro atoms. The molecule has 0 aliphatic carbocycles. The average molecular weight is 640 g/mol. The standard InChI is InChI=1S/C41H41N3O2S/c1-6-7-8-9-10-30-24-35(23-28(2)27-42)47-41(30)40-20-17-31(43(40)3)14-11-29-12-15-32(16-13-29)44-38-21-18-33(45-4)25-36(38)37-26-34(46-5)19-22-39(37)44/h11-26H,6-10H2,1-5H3/b14-11+,28-23+. The van der Waals surface area contributed by atoms with Gasteiger partial charge in [0.15, 0.2) is 0 Å². The topological polar surface area (TPSA) is 52.1 Å². The summed E-state index contributed by atoms with van der Waals surface area (Å²) in [5, 5.41) is 11.6. The van der Waals surface area contributed by atoms with Crippen molar-refractivity contribution in [1.82, 2.24) is 9.13 Å². The van der Waals surface area contributed by atoms with Crippen molar-refractivity contribution < 1.29 is 9.47 Å². The van der Waals surface area contributed by atoms with Crippen LogP contribution >= 0.6 is 11.3 Å². The van der Waals surface area contributed by atoms with Crippen molar-refractivity contribution in [3.8, 4) is 33.8 Å². The van der Waals surface area contributed by atoms with E-state index in [0.717, 1.165) is 67.1 Å². The second-order valence-corrected chi connectivity index (χ2v) is 13.1. The zero-order chi connectivity index (χ0) is 32.9. The number of methoxy groups -OCH3 is 2. The molecular formula is C41H41N3O2S. The number of ether oxygens (including phenoxy) is 2. The van der Waals surface area contributed by atoms with Crippen LogP contribution in [0.3, 0.4) is 0 Å². The fourth-order valence-electron chi connectivity index (χ4n) is 6.26. The molecule has 0 saturated heterocycles. The quantitative estimate of drug-likeness (QED) is 0.0989. The summed E-state index contributed by atoms with van der Waals surface area (Å²) in [6, 6.07) is 30.1. The molecule has 0 N–H and O–H groups in total. The summed E-state index contributed by atoms with van der Waals surface area (Å²) < 4.78 is 15.7. The van der Waals surface area contributed by atoms with Gasteiger partial charge in [0.25, 0.3) is 0 Å². The lowest BCUT2D eigenvalue weighted by molar-refractivity contribution is 0.415. The largest absolute Gasteiger partial charge is 0.497 e. The van der Waals surface area contributed by atoms with Crippen LogP contribution < -0.4 is 9.47 Å². The van der Waals surface area contributed by atoms with Crippen molar-refractivity contribution in [2.75, 3.05) is 14.2 Å². The number of fused-ring (bicyclic) bond motifs is 3. The van der Waals surface area contributed by atoms with Crippen molar-refractivity contribution >= 4 is 51.4 Å². The number of benzene rings is 3. The molecule has 6 rings (SSSR count). The highest BCUT2D eigenvalue weighted by molar-refractivity contribution is 7.16. The molecule has 0 aliphatic heterocycles. The van der Waals surface area contributed by atoms with E-state index in [1.54, 1.807) is 25.6 Å². The molecule has 6 aromatic rings. The molecule has 5 nitrogen and oxygen atoms in total. The fraction of sp³-hybridized carbons (Fsp3) is 0.244. The Hall–Kier alpha value is -4.99. The Balaban J connectivity index is 1.28. The van der Waals surface area contributed by atoms with E-state index < -0.39 is 0 Å². The van der Waals surface area contributed by atoms with Gasteiger partial charge in [-0.3, -0.25) is 0 Å². The van der Waals surface area contributed by atoms with Crippen molar-refractivity contribution in [2.45, 2.75) is 46.0 Å². The smallest absolute Gasteiger partial charge is 0.119 e. The highest BCUT2D eigenvalue weighted by Gasteiger charge is 2.16. The number of allylic oxidation sites excluding steroid dienone is 1. The van der Waals surface area contributed by atoms with Gasteiger partial charge >= 0.3 is 0 Å². The maximum atomic E-state index is 9.34. The summed E-state index contributed by atoms with van der Waals surface area (Å²) in [4.78, 5) is 2.44. The van der Waals surface area contributed by atoms with Gasteiger partial charge in [0.05, 0.1) is 41.9 Å². The minimum atomic E-state index is 0.732. The first-order valence-corrected chi connectivity index (χ1v) is 17.1. The summed E-state index contributed by atoms with van der Waals surface area (Å²) in [5.74, 6) is 1.66. The molecule has 0 fully saturated rings. The molecule has 3 aromatic carbocycles. The van der Waals surface area contributed by atoms with E-state index in [0.29, 0.717) is 0 Å². The van der Waals surface area contributed by atoms with Crippen molar-refractivity contribution in [3.05, 3.63) is 106 Å². The third-order valence-electron chi connectivity index (χ3n) is 8.83. The predicted molar refractivity (Wildman–Crippen MR) is 199 cm³/mol. The van der Waals surface area contributed by atoms with Crippen LogP contribution in [0, 0.1) is 11.3 Å². The average Bonchev–Trinajstić information content (AvgIpc) is 3.77. The Morgan fingerprint density at radius 1 is 0.830 bits per heavy atom. The first-order chi connectivity index (χ1) is 22.9. The first-order valence-electron chi connectivity index (χ1n) is 16.3. The third kappa shape index (κ3) is 6.63. The highest BCUT2D eigenvalue weighted by Crippen LogP contribution is 2.38. The van der Waals surface area contributed by atoms with E-state index in [-0.39, 0.29) is 0 Å². The summed E-state index contributed by atoms with van der Waals surface area (Å²) in [5.41, 5.74) is 8.93. The number of nitrogens with zero attached hydrogens (tertiary/aromatic N) is 3. The molecule has 238 valence electrons. The molecule has 0 aliphatic rings. The van der Waals surface area contributed by atoms with E-state index in [4.69, 9.17) is 9.47 Å². The first kappa shape index (κ1) is 32.0. The minimum Gasteiger partial charge on any atom is -0.497 e. The lowest BCUT2D eigenvalue weighted by Gasteiger charge is -2.09. The van der Waals surface area contributed by atoms with Crippen LogP contribution in [-0.4, -0.2) is 23.4 Å². The van der Waals surface area contributed by atoms with E-state index >= 15 is 0 Å². The molecule has 0 radical (unpaired) electrons. The SMILES string of the molecule is CCCCCCc1cc(/C=C(\C)C#N)sc1-c1ccc(/C=C/c2ccc(-n3c4ccc(OC)cc4c4cc(OC)ccc43)cc2)n1C. The molecular weight excluding hydrogens is 599 g/mol. The summed E-state index contributed by atoms with van der Waals surface area (Å²) in [6.45, 7) is 4.12. The molecule has 6 heteroatoms. The molecule has 0 atom stereocenters. The Labute approximate surface area is 281 Å². The highest BCUT2D eigenvalue weighted by atomic mass is 32.1. The van der Waals surface area contributed by atoms with Crippen LogP contribution in [0.25, 0.3) is 56.3 Å². The number of thiophene rings is 1. The van der Waals surface area contributed by atoms with E-state index in [9.17, 15) is 5.26 Å². The molecule has 0 amide bonds. The number of rotatable bonds is 12. The number of unbranched alkanes of at least 4 members (excludes halogenated alkanes) is 3. The second-order valence-electron chi connectivity index (χ2n) is 12.0. The molecule has 0 bridgehead atoms. The van der Waals surface area contributed by atoms with Crippen LogP contribution in [0.4, 0.5) is 0 Å². The van der Waals surface area contributed by atoms with E-state index in [2.05, 4.69) is 108 Å². The van der Waals surface area contributed by atoms with Gasteiger partial charge in [-0.25, -0.2) is 0 Å². The third-order valence-corrected chi connectivity index (χ3v) is 9.98. The zero-order valence-corrected chi connectivity index (χ0v) is 28.7. The second kappa shape index (κ2) is 14.2. The van der Waals surface area contributed by atoms with Crippen LogP contribution in [0.1, 0.15) is 61.2 Å². The van der Waals surface area contributed by atoms with Crippen LogP contribution in [0.2, 0.25) is 0 Å². The van der Waals surface area contributed by atoms with Gasteiger partial charge in [-0.05, 0) is 110 Å². The molecule has 47 heavy (non-hydrogen) atoms. The minimum absolute atomic E-state index is 0.732. The fourth-order valence-corrected chi connectivity index (χ4v) is 7.54. The number of aryl methyl sites for hydroxylation is 1. The predicted octanol–water partition coefficient (Wildman–Crippen LogP) is 11.1. The lowest BCUT2D eigenvalue weighted by Crippen LogP contribution is -1.95. The number of hydrogen-bond acceptors (Lipinski definition) is 4. The van der Waals surface area contributed by atoms with Gasteiger partial charge in [-0.15, -0.1) is 11.3 Å². The maximum absolute atomic E-state index is 9.34. The summed E-state index contributed by atoms with van der Waals surface area (Å²) in [6.07, 6.45) is 12.3. The van der Waals surface area contributed by atoms with E-state index in [1.807, 2.05) is 25.1 Å². The van der Waals surface area contributed by atoms with Crippen molar-refractivity contribution in [2.24, 2.45) is 7.05 Å². The van der Waals surface area contributed by atoms with Gasteiger partial charge < -0.3 is 18.6 Å². The zero-order valence-electron chi connectivity index (χ0n) is 27.8. The maximum Gasteiger partial charge on any atom is 0.119 e. The van der Waals surface area contributed by atoms with Gasteiger partial charge in [0.2, 0.25) is 0 Å². The normalized spacial score (nSPS) is 12.0. The summed E-state index contributed by atoms with van der Waals surface area (Å²) >= 11 is 1.78. The van der Waals surface area contributed by atoms with Crippen molar-refractivity contribution in [1.29, 1.82) is 5.26 Å². The van der Waals surface area contributed by atoms with E-state index in [1.165, 1.54) is 41.8 Å². The Bertz CT molecular complexity index is 2070. The molecule has 0 unspecified atom stereocenters. The monoisotopic (exact) mass is 639 g/mol. The lowest BCUT2D eigenvalue weighted by atomic mass is 10.1. The molecule has 3 aromatic heterocycles. The number of aromatic nitrogens is 2. The van der Waals surface area contributed by atoms with Crippen LogP contribution in [0.15, 0.2) is 84.4 Å². The molecule has 3 heterocycles. The van der Waals surface area contributed by atoms with Gasteiger partial charge in [-0.1, -0.05) is 44.4 Å². The van der Waals surface area contributed by atoms with Crippen LogP contribution in [-0.2, 0) is 13.5 Å². The number of nitriles is 1. The van der Waals surface area contributed by atoms with Gasteiger partial charge in [-0.2, -0.15) is 5.26 Å². The van der Waals surface area contributed by atoms with Gasteiger partial charge in [0, 0.05) is 39.7 Å². The Morgan fingerprint density at radius 3 is 2.13 bits per heavy atom. The summed E-state index contributed by atoms with van der Waals surface area (Å²) in [7, 11) is 5.54.